The van der Waals surface area contributed by atoms with E-state index >= 15 is 0 Å². The van der Waals surface area contributed by atoms with E-state index < -0.39 is 0 Å². The first-order chi connectivity index (χ1) is 9.26. The fraction of sp³-hybridized carbons (Fsp3) is 0.438. The zero-order valence-corrected chi connectivity index (χ0v) is 11.2. The average Bonchev–Trinajstić information content (AvgIpc) is 2.80. The van der Waals surface area contributed by atoms with E-state index in [1.54, 1.807) is 0 Å². The Hall–Kier alpha value is -1.79. The Kier molecular flexibility index (Phi) is 4.59. The highest BCUT2D eigenvalue weighted by Crippen LogP contribution is 2.27. The molecule has 0 spiro atoms. The fourth-order valence-electron chi connectivity index (χ4n) is 2.37. The molecule has 1 aliphatic heterocycles. The number of carbonyl (C=O) groups excluding carboxylic acids is 1. The SMILES string of the molecule is CC#CCCCCc1cc(CO)cc2c1C(=O)OC2. The number of hydrogen-bond acceptors (Lipinski definition) is 3. The molecule has 1 aromatic rings. The van der Waals surface area contributed by atoms with Gasteiger partial charge in [-0.2, -0.15) is 0 Å². The van der Waals surface area contributed by atoms with Gasteiger partial charge in [-0.3, -0.25) is 0 Å². The Labute approximate surface area is 113 Å². The quantitative estimate of drug-likeness (QED) is 0.501. The van der Waals surface area contributed by atoms with Gasteiger partial charge in [0.2, 0.25) is 0 Å². The van der Waals surface area contributed by atoms with E-state index in [0.717, 1.165) is 42.4 Å². The second-order valence-corrected chi connectivity index (χ2v) is 4.66. The first-order valence-electron chi connectivity index (χ1n) is 6.58. The molecule has 1 aromatic carbocycles. The summed E-state index contributed by atoms with van der Waals surface area (Å²) in [4.78, 5) is 11.7. The minimum absolute atomic E-state index is 0.00419. The van der Waals surface area contributed by atoms with Crippen LogP contribution in [0.5, 0.6) is 0 Å². The standard InChI is InChI=1S/C16H18O3/c1-2-3-4-5-6-7-13-8-12(10-17)9-14-11-19-16(18)15(13)14/h8-9,17H,4-7,10-11H2,1H3. The van der Waals surface area contributed by atoms with Gasteiger partial charge in [-0.1, -0.05) is 6.07 Å². The highest BCUT2D eigenvalue weighted by molar-refractivity contribution is 5.95. The zero-order chi connectivity index (χ0) is 13.7. The maximum atomic E-state index is 11.7. The van der Waals surface area contributed by atoms with Crippen molar-refractivity contribution in [2.24, 2.45) is 0 Å². The molecular weight excluding hydrogens is 240 g/mol. The summed E-state index contributed by atoms with van der Waals surface area (Å²) in [6, 6.07) is 3.77. The lowest BCUT2D eigenvalue weighted by molar-refractivity contribution is 0.0534. The molecule has 0 aliphatic carbocycles. The smallest absolute Gasteiger partial charge is 0.339 e. The summed E-state index contributed by atoms with van der Waals surface area (Å²) in [5, 5.41) is 9.26. The zero-order valence-electron chi connectivity index (χ0n) is 11.2. The predicted molar refractivity (Wildman–Crippen MR) is 72.5 cm³/mol. The number of carbonyl (C=O) groups is 1. The van der Waals surface area contributed by atoms with Gasteiger partial charge < -0.3 is 9.84 Å². The number of aliphatic hydroxyl groups is 1. The molecule has 19 heavy (non-hydrogen) atoms. The third kappa shape index (κ3) is 3.15. The Balaban J connectivity index is 2.11. The van der Waals surface area contributed by atoms with E-state index in [9.17, 15) is 9.90 Å². The number of rotatable bonds is 5. The highest BCUT2D eigenvalue weighted by atomic mass is 16.5. The van der Waals surface area contributed by atoms with Crippen LogP contribution < -0.4 is 0 Å². The molecule has 1 N–H and O–H groups in total. The molecule has 3 heteroatoms. The van der Waals surface area contributed by atoms with Gasteiger partial charge in [0.25, 0.3) is 0 Å². The molecule has 0 bridgehead atoms. The first-order valence-corrected chi connectivity index (χ1v) is 6.58. The summed E-state index contributed by atoms with van der Waals surface area (Å²) in [5.74, 6) is 5.68. The molecule has 0 amide bonds. The highest BCUT2D eigenvalue weighted by Gasteiger charge is 2.25. The number of aliphatic hydroxyl groups excluding tert-OH is 1. The molecule has 0 saturated heterocycles. The molecule has 0 unspecified atom stereocenters. The lowest BCUT2D eigenvalue weighted by atomic mass is 9.95. The monoisotopic (exact) mass is 258 g/mol. The van der Waals surface area contributed by atoms with Gasteiger partial charge in [0, 0.05) is 12.0 Å². The molecule has 1 heterocycles. The lowest BCUT2D eigenvalue weighted by Gasteiger charge is -2.08. The van der Waals surface area contributed by atoms with Crippen LogP contribution in [0.2, 0.25) is 0 Å². The summed E-state index contributed by atoms with van der Waals surface area (Å²) < 4.78 is 5.07. The molecule has 2 rings (SSSR count). The molecule has 0 fully saturated rings. The van der Waals surface area contributed by atoms with Gasteiger partial charge in [-0.25, -0.2) is 4.79 Å². The number of esters is 1. The van der Waals surface area contributed by atoms with Crippen LogP contribution in [0.25, 0.3) is 0 Å². The number of hydrogen-bond donors (Lipinski definition) is 1. The number of benzene rings is 1. The minimum Gasteiger partial charge on any atom is -0.457 e. The van der Waals surface area contributed by atoms with Crippen molar-refractivity contribution in [1.82, 2.24) is 0 Å². The Morgan fingerprint density at radius 1 is 1.37 bits per heavy atom. The van der Waals surface area contributed by atoms with Crippen molar-refractivity contribution < 1.29 is 14.6 Å². The van der Waals surface area contributed by atoms with Gasteiger partial charge in [-0.15, -0.1) is 11.8 Å². The molecule has 0 saturated carbocycles. The van der Waals surface area contributed by atoms with E-state index in [1.807, 2.05) is 19.1 Å². The van der Waals surface area contributed by atoms with Crippen LogP contribution in [0.15, 0.2) is 12.1 Å². The summed E-state index contributed by atoms with van der Waals surface area (Å²) in [7, 11) is 0. The second kappa shape index (κ2) is 6.40. The Morgan fingerprint density at radius 3 is 2.95 bits per heavy atom. The van der Waals surface area contributed by atoms with Gasteiger partial charge in [0.1, 0.15) is 6.61 Å². The topological polar surface area (TPSA) is 46.5 Å². The molecule has 100 valence electrons. The van der Waals surface area contributed by atoms with Gasteiger partial charge in [0.15, 0.2) is 0 Å². The molecule has 1 aliphatic rings. The second-order valence-electron chi connectivity index (χ2n) is 4.66. The number of unbranched alkanes of at least 4 members (excludes halogenated alkanes) is 2. The van der Waals surface area contributed by atoms with E-state index in [4.69, 9.17) is 4.74 Å². The van der Waals surface area contributed by atoms with E-state index in [-0.39, 0.29) is 12.6 Å². The summed E-state index contributed by atoms with van der Waals surface area (Å²) in [6.07, 6.45) is 3.73. The van der Waals surface area contributed by atoms with Crippen LogP contribution in [-0.4, -0.2) is 11.1 Å². The summed E-state index contributed by atoms with van der Waals surface area (Å²) in [5.41, 5.74) is 3.45. The summed E-state index contributed by atoms with van der Waals surface area (Å²) in [6.45, 7) is 2.17. The molecule has 0 atom stereocenters. The molecule has 0 radical (unpaired) electrons. The van der Waals surface area contributed by atoms with Crippen molar-refractivity contribution in [3.05, 3.63) is 34.4 Å². The number of fused-ring (bicyclic) bond motifs is 1. The van der Waals surface area contributed by atoms with Crippen LogP contribution >= 0.6 is 0 Å². The van der Waals surface area contributed by atoms with E-state index in [0.29, 0.717) is 12.2 Å². The van der Waals surface area contributed by atoms with E-state index in [1.165, 1.54) is 0 Å². The van der Waals surface area contributed by atoms with Crippen molar-refractivity contribution in [3.8, 4) is 11.8 Å². The molecule has 3 nitrogen and oxygen atoms in total. The molecule has 0 aromatic heterocycles. The van der Waals surface area contributed by atoms with Gasteiger partial charge in [0.05, 0.1) is 12.2 Å². The fourth-order valence-corrected chi connectivity index (χ4v) is 2.37. The first kappa shape index (κ1) is 13.6. The van der Waals surface area contributed by atoms with Crippen molar-refractivity contribution in [1.29, 1.82) is 0 Å². The van der Waals surface area contributed by atoms with Crippen LogP contribution in [0.1, 0.15) is 53.2 Å². The van der Waals surface area contributed by atoms with Crippen molar-refractivity contribution in [2.45, 2.75) is 45.8 Å². The van der Waals surface area contributed by atoms with Crippen molar-refractivity contribution in [3.63, 3.8) is 0 Å². The van der Waals surface area contributed by atoms with Gasteiger partial charge >= 0.3 is 5.97 Å². The van der Waals surface area contributed by atoms with Crippen LogP contribution in [0, 0.1) is 11.8 Å². The minimum atomic E-state index is -0.233. The molecular formula is C16H18O3. The summed E-state index contributed by atoms with van der Waals surface area (Å²) >= 11 is 0. The van der Waals surface area contributed by atoms with Crippen LogP contribution in [0.4, 0.5) is 0 Å². The van der Waals surface area contributed by atoms with Gasteiger partial charge in [-0.05, 0) is 43.4 Å². The van der Waals surface area contributed by atoms with Crippen LogP contribution in [0.3, 0.4) is 0 Å². The lowest BCUT2D eigenvalue weighted by Crippen LogP contribution is -2.02. The normalized spacial score (nSPS) is 12.6. The number of aryl methyl sites for hydroxylation is 1. The Morgan fingerprint density at radius 2 is 2.21 bits per heavy atom. The van der Waals surface area contributed by atoms with E-state index in [2.05, 4.69) is 11.8 Å². The maximum Gasteiger partial charge on any atom is 0.339 e. The third-order valence-electron chi connectivity index (χ3n) is 3.28. The predicted octanol–water partition coefficient (Wildman–Crippen LogP) is 2.59. The number of ether oxygens (including phenoxy) is 1. The van der Waals surface area contributed by atoms with Crippen molar-refractivity contribution in [2.75, 3.05) is 0 Å². The Bertz CT molecular complexity index is 535. The maximum absolute atomic E-state index is 11.7. The van der Waals surface area contributed by atoms with Crippen LogP contribution in [-0.2, 0) is 24.4 Å². The van der Waals surface area contributed by atoms with Crippen molar-refractivity contribution >= 4 is 5.97 Å². The average molecular weight is 258 g/mol. The largest absolute Gasteiger partial charge is 0.457 e. The number of cyclic esters (lactones) is 1. The third-order valence-corrected chi connectivity index (χ3v) is 3.28.